The van der Waals surface area contributed by atoms with Crippen LogP contribution in [-0.2, 0) is 0 Å². The van der Waals surface area contributed by atoms with Gasteiger partial charge in [-0.05, 0) is 30.5 Å². The highest BCUT2D eigenvalue weighted by Gasteiger charge is 2.13. The Morgan fingerprint density at radius 2 is 1.78 bits per heavy atom. The molecule has 3 heteroatoms. The van der Waals surface area contributed by atoms with Crippen molar-refractivity contribution >= 4 is 10.9 Å². The van der Waals surface area contributed by atoms with Gasteiger partial charge in [-0.3, -0.25) is 4.98 Å². The van der Waals surface area contributed by atoms with Crippen LogP contribution in [0.25, 0.3) is 10.9 Å². The van der Waals surface area contributed by atoms with Crippen molar-refractivity contribution in [1.82, 2.24) is 4.98 Å². The van der Waals surface area contributed by atoms with Crippen molar-refractivity contribution < 1.29 is 9.47 Å². The average molecular weight is 245 g/mol. The molecule has 0 fully saturated rings. The van der Waals surface area contributed by atoms with Gasteiger partial charge < -0.3 is 9.47 Å². The molecule has 3 nitrogen and oxygen atoms in total. The third kappa shape index (κ3) is 2.13. The number of aryl methyl sites for hydroxylation is 1. The Bertz CT molecular complexity index is 576. The first-order chi connectivity index (χ1) is 8.56. The number of benzene rings is 1. The Morgan fingerprint density at radius 3 is 2.33 bits per heavy atom. The summed E-state index contributed by atoms with van der Waals surface area (Å²) in [4.78, 5) is 4.65. The lowest BCUT2D eigenvalue weighted by molar-refractivity contribution is 0.411. The Labute approximate surface area is 108 Å². The van der Waals surface area contributed by atoms with E-state index in [0.717, 1.165) is 28.1 Å². The van der Waals surface area contributed by atoms with Crippen molar-refractivity contribution in [2.24, 2.45) is 0 Å². The molecular weight excluding hydrogens is 226 g/mol. The Hall–Kier alpha value is -1.77. The fourth-order valence-electron chi connectivity index (χ4n) is 2.14. The van der Waals surface area contributed by atoms with Gasteiger partial charge in [0.05, 0.1) is 19.7 Å². The standard InChI is InChI=1S/C15H19NO2/c1-9(2)12-7-11(17-4)8-13-14(18-5)6-10(3)16-15(12)13/h6-9H,1-5H3. The smallest absolute Gasteiger partial charge is 0.130 e. The maximum absolute atomic E-state index is 5.45. The summed E-state index contributed by atoms with van der Waals surface area (Å²) in [6.07, 6.45) is 0. The van der Waals surface area contributed by atoms with Gasteiger partial charge in [0.1, 0.15) is 11.5 Å². The van der Waals surface area contributed by atoms with Crippen LogP contribution in [0.3, 0.4) is 0 Å². The molecule has 0 amide bonds. The summed E-state index contributed by atoms with van der Waals surface area (Å²) in [5, 5.41) is 1.01. The second-order valence-electron chi connectivity index (χ2n) is 4.73. The van der Waals surface area contributed by atoms with Crippen LogP contribution in [0.5, 0.6) is 11.5 Å². The monoisotopic (exact) mass is 245 g/mol. The molecule has 0 saturated carbocycles. The zero-order chi connectivity index (χ0) is 13.3. The molecule has 0 saturated heterocycles. The highest BCUT2D eigenvalue weighted by Crippen LogP contribution is 2.34. The molecular formula is C15H19NO2. The Morgan fingerprint density at radius 1 is 1.06 bits per heavy atom. The number of hydrogen-bond donors (Lipinski definition) is 0. The molecule has 1 aromatic heterocycles. The van der Waals surface area contributed by atoms with Gasteiger partial charge in [-0.15, -0.1) is 0 Å². The van der Waals surface area contributed by atoms with Gasteiger partial charge in [0.15, 0.2) is 0 Å². The lowest BCUT2D eigenvalue weighted by atomic mass is 9.98. The lowest BCUT2D eigenvalue weighted by Gasteiger charge is -2.14. The summed E-state index contributed by atoms with van der Waals surface area (Å²) in [5.41, 5.74) is 3.15. The molecule has 0 aliphatic carbocycles. The number of ether oxygens (including phenoxy) is 2. The molecule has 0 unspecified atom stereocenters. The summed E-state index contributed by atoms with van der Waals surface area (Å²) < 4.78 is 10.8. The van der Waals surface area contributed by atoms with E-state index in [1.807, 2.05) is 19.1 Å². The molecule has 0 aliphatic rings. The first kappa shape index (κ1) is 12.7. The van der Waals surface area contributed by atoms with E-state index < -0.39 is 0 Å². The number of aromatic nitrogens is 1. The minimum Gasteiger partial charge on any atom is -0.497 e. The highest BCUT2D eigenvalue weighted by molar-refractivity contribution is 5.89. The van der Waals surface area contributed by atoms with E-state index in [1.54, 1.807) is 14.2 Å². The van der Waals surface area contributed by atoms with E-state index in [9.17, 15) is 0 Å². The number of fused-ring (bicyclic) bond motifs is 1. The molecule has 0 bridgehead atoms. The SMILES string of the molecule is COc1cc(C(C)C)c2nc(C)cc(OC)c2c1. The van der Waals surface area contributed by atoms with Crippen molar-refractivity contribution in [3.05, 3.63) is 29.5 Å². The van der Waals surface area contributed by atoms with Crippen LogP contribution in [0.2, 0.25) is 0 Å². The lowest BCUT2D eigenvalue weighted by Crippen LogP contribution is -1.98. The maximum Gasteiger partial charge on any atom is 0.130 e. The third-order valence-electron chi connectivity index (χ3n) is 3.08. The van der Waals surface area contributed by atoms with Crippen molar-refractivity contribution in [3.63, 3.8) is 0 Å². The van der Waals surface area contributed by atoms with Crippen molar-refractivity contribution in [1.29, 1.82) is 0 Å². The van der Waals surface area contributed by atoms with Crippen LogP contribution < -0.4 is 9.47 Å². The molecule has 0 atom stereocenters. The van der Waals surface area contributed by atoms with Gasteiger partial charge in [-0.2, -0.15) is 0 Å². The van der Waals surface area contributed by atoms with E-state index in [0.29, 0.717) is 5.92 Å². The molecule has 1 heterocycles. The minimum atomic E-state index is 0.390. The number of hydrogen-bond acceptors (Lipinski definition) is 3. The van der Waals surface area contributed by atoms with Crippen LogP contribution >= 0.6 is 0 Å². The molecule has 2 aromatic rings. The molecule has 2 rings (SSSR count). The second kappa shape index (κ2) is 4.84. The topological polar surface area (TPSA) is 31.4 Å². The zero-order valence-corrected chi connectivity index (χ0v) is 11.6. The number of nitrogens with zero attached hydrogens (tertiary/aromatic N) is 1. The molecule has 1 aromatic carbocycles. The molecule has 0 N–H and O–H groups in total. The van der Waals surface area contributed by atoms with Gasteiger partial charge in [-0.25, -0.2) is 0 Å². The summed E-state index contributed by atoms with van der Waals surface area (Å²) in [6, 6.07) is 5.98. The van der Waals surface area contributed by atoms with Crippen LogP contribution in [0, 0.1) is 6.92 Å². The van der Waals surface area contributed by atoms with Crippen LogP contribution in [-0.4, -0.2) is 19.2 Å². The number of methoxy groups -OCH3 is 2. The van der Waals surface area contributed by atoms with Gasteiger partial charge in [-0.1, -0.05) is 13.8 Å². The molecule has 96 valence electrons. The van der Waals surface area contributed by atoms with Crippen LogP contribution in [0.4, 0.5) is 0 Å². The first-order valence-electron chi connectivity index (χ1n) is 6.10. The molecule has 0 spiro atoms. The molecule has 0 radical (unpaired) electrons. The van der Waals surface area contributed by atoms with E-state index >= 15 is 0 Å². The largest absolute Gasteiger partial charge is 0.497 e. The average Bonchev–Trinajstić information content (AvgIpc) is 2.36. The minimum absolute atomic E-state index is 0.390. The van der Waals surface area contributed by atoms with Gasteiger partial charge in [0.25, 0.3) is 0 Å². The van der Waals surface area contributed by atoms with Crippen molar-refractivity contribution in [2.75, 3.05) is 14.2 Å². The normalized spacial score (nSPS) is 11.0. The number of pyridine rings is 1. The van der Waals surface area contributed by atoms with E-state index in [-0.39, 0.29) is 0 Å². The summed E-state index contributed by atoms with van der Waals surface area (Å²) >= 11 is 0. The summed E-state index contributed by atoms with van der Waals surface area (Å²) in [7, 11) is 3.36. The molecule has 18 heavy (non-hydrogen) atoms. The Balaban J connectivity index is 2.85. The highest BCUT2D eigenvalue weighted by atomic mass is 16.5. The third-order valence-corrected chi connectivity index (χ3v) is 3.08. The van der Waals surface area contributed by atoms with Crippen LogP contribution in [0.1, 0.15) is 31.0 Å². The summed E-state index contributed by atoms with van der Waals surface area (Å²) in [6.45, 7) is 6.30. The summed E-state index contributed by atoms with van der Waals surface area (Å²) in [5.74, 6) is 2.08. The fraction of sp³-hybridized carbons (Fsp3) is 0.400. The Kier molecular flexibility index (Phi) is 3.41. The fourth-order valence-corrected chi connectivity index (χ4v) is 2.14. The predicted octanol–water partition coefficient (Wildman–Crippen LogP) is 3.68. The van der Waals surface area contributed by atoms with E-state index in [1.165, 1.54) is 5.56 Å². The predicted molar refractivity (Wildman–Crippen MR) is 73.7 cm³/mol. The van der Waals surface area contributed by atoms with Gasteiger partial charge in [0, 0.05) is 17.1 Å². The van der Waals surface area contributed by atoms with Crippen LogP contribution in [0.15, 0.2) is 18.2 Å². The second-order valence-corrected chi connectivity index (χ2v) is 4.73. The van der Waals surface area contributed by atoms with Crippen molar-refractivity contribution in [2.45, 2.75) is 26.7 Å². The maximum atomic E-state index is 5.45. The van der Waals surface area contributed by atoms with Gasteiger partial charge >= 0.3 is 0 Å². The quantitative estimate of drug-likeness (QED) is 0.826. The number of rotatable bonds is 3. The first-order valence-corrected chi connectivity index (χ1v) is 6.10. The van der Waals surface area contributed by atoms with Crippen molar-refractivity contribution in [3.8, 4) is 11.5 Å². The molecule has 0 aliphatic heterocycles. The van der Waals surface area contributed by atoms with E-state index in [4.69, 9.17) is 9.47 Å². The van der Waals surface area contributed by atoms with Gasteiger partial charge in [0.2, 0.25) is 0 Å². The van der Waals surface area contributed by atoms with E-state index in [2.05, 4.69) is 24.9 Å². The zero-order valence-electron chi connectivity index (χ0n) is 11.6.